The van der Waals surface area contributed by atoms with Crippen LogP contribution < -0.4 is 0 Å². The van der Waals surface area contributed by atoms with Gasteiger partial charge in [-0.05, 0) is 30.7 Å². The van der Waals surface area contributed by atoms with Gasteiger partial charge in [-0.1, -0.05) is 54.2 Å². The minimum absolute atomic E-state index is 0.180. The summed E-state index contributed by atoms with van der Waals surface area (Å²) in [5, 5.41) is 9.84. The highest BCUT2D eigenvalue weighted by Gasteiger charge is 2.32. The topological polar surface area (TPSA) is 50.5 Å². The number of thioether (sulfide) groups is 1. The molecule has 8 heteroatoms. The van der Waals surface area contributed by atoms with Gasteiger partial charge in [0.15, 0.2) is 10.8 Å². The number of carbonyl (C=O) groups is 1. The van der Waals surface area contributed by atoms with Crippen LogP contribution in [0, 0.1) is 11.8 Å². The molecule has 0 radical (unpaired) electrons. The quantitative estimate of drug-likeness (QED) is 0.727. The molecule has 0 aromatic carbocycles. The number of likely N-dealkylation sites (tertiary alicyclic amines) is 1. The molecule has 2 atom stereocenters. The zero-order chi connectivity index (χ0) is 17.4. The second kappa shape index (κ2) is 7.33. The average Bonchev–Trinajstić information content (AvgIpc) is 3.02. The molecule has 2 aromatic rings. The predicted molar refractivity (Wildman–Crippen MR) is 100 cm³/mol. The van der Waals surface area contributed by atoms with E-state index < -0.39 is 0 Å². The van der Waals surface area contributed by atoms with Gasteiger partial charge in [-0.3, -0.25) is 9.20 Å². The normalized spacial score (nSPS) is 23.7. The monoisotopic (exact) mass is 398 g/mol. The highest BCUT2D eigenvalue weighted by Crippen LogP contribution is 2.36. The largest absolute Gasteiger partial charge is 0.342 e. The Balaban J connectivity index is 1.41. The molecule has 1 aliphatic carbocycles. The minimum atomic E-state index is 0.180. The Morgan fingerprint density at radius 1 is 1.20 bits per heavy atom. The first-order valence-electron chi connectivity index (χ1n) is 8.72. The molecule has 5 nitrogen and oxygen atoms in total. The van der Waals surface area contributed by atoms with E-state index in [1.165, 1.54) is 37.4 Å². The minimum Gasteiger partial charge on any atom is -0.342 e. The van der Waals surface area contributed by atoms with Crippen molar-refractivity contribution in [1.29, 1.82) is 0 Å². The van der Waals surface area contributed by atoms with Crippen molar-refractivity contribution in [3.63, 3.8) is 0 Å². The molecule has 1 amide bonds. The van der Waals surface area contributed by atoms with Crippen LogP contribution in [0.5, 0.6) is 0 Å². The fraction of sp³-hybridized carbons (Fsp3) is 0.588. The molecule has 0 unspecified atom stereocenters. The first-order valence-corrected chi connectivity index (χ1v) is 10.5. The lowest BCUT2D eigenvalue weighted by Gasteiger charge is -2.41. The van der Waals surface area contributed by atoms with Crippen LogP contribution in [0.2, 0.25) is 10.0 Å². The number of aromatic nitrogens is 3. The fourth-order valence-electron chi connectivity index (χ4n) is 4.05. The lowest BCUT2D eigenvalue weighted by Crippen LogP contribution is -2.45. The number of hydrogen-bond acceptors (Lipinski definition) is 4. The maximum atomic E-state index is 12.6. The van der Waals surface area contributed by atoms with Gasteiger partial charge in [0.25, 0.3) is 0 Å². The molecular formula is C17H20Cl2N4OS. The van der Waals surface area contributed by atoms with Crippen LogP contribution in [0.1, 0.15) is 32.1 Å². The highest BCUT2D eigenvalue weighted by atomic mass is 35.5. The predicted octanol–water partition coefficient (Wildman–Crippen LogP) is 4.17. The van der Waals surface area contributed by atoms with Crippen molar-refractivity contribution in [2.24, 2.45) is 11.8 Å². The van der Waals surface area contributed by atoms with E-state index in [0.717, 1.165) is 25.4 Å². The fourth-order valence-corrected chi connectivity index (χ4v) is 5.37. The van der Waals surface area contributed by atoms with Gasteiger partial charge < -0.3 is 4.90 Å². The summed E-state index contributed by atoms with van der Waals surface area (Å²) in [6, 6.07) is 1.64. The summed E-state index contributed by atoms with van der Waals surface area (Å²) in [7, 11) is 0. The molecule has 0 bridgehead atoms. The molecule has 1 saturated carbocycles. The number of amides is 1. The van der Waals surface area contributed by atoms with Crippen molar-refractivity contribution in [1.82, 2.24) is 19.5 Å². The third-order valence-corrected chi connectivity index (χ3v) is 6.78. The summed E-state index contributed by atoms with van der Waals surface area (Å²) in [5.74, 6) is 2.07. The van der Waals surface area contributed by atoms with Crippen molar-refractivity contribution in [2.45, 2.75) is 37.3 Å². The van der Waals surface area contributed by atoms with Crippen LogP contribution in [0.25, 0.3) is 5.65 Å². The average molecular weight is 399 g/mol. The van der Waals surface area contributed by atoms with Gasteiger partial charge in [-0.2, -0.15) is 0 Å². The number of rotatable bonds is 3. The summed E-state index contributed by atoms with van der Waals surface area (Å²) in [5.41, 5.74) is 0.559. The SMILES string of the molecule is O=C(CSc1nnc2c(Cl)cc(Cl)cn12)N1CC[C@@H]2CCCC[C@H]2C1. The van der Waals surface area contributed by atoms with Crippen molar-refractivity contribution in [3.05, 3.63) is 22.3 Å². The summed E-state index contributed by atoms with van der Waals surface area (Å²) in [6.07, 6.45) is 8.16. The van der Waals surface area contributed by atoms with E-state index in [0.29, 0.717) is 32.5 Å². The molecule has 0 N–H and O–H groups in total. The van der Waals surface area contributed by atoms with E-state index in [1.54, 1.807) is 16.7 Å². The first kappa shape index (κ1) is 17.4. The lowest BCUT2D eigenvalue weighted by atomic mass is 9.75. The number of hydrogen-bond donors (Lipinski definition) is 0. The maximum absolute atomic E-state index is 12.6. The number of carbonyl (C=O) groups excluding carboxylic acids is 1. The molecule has 1 aliphatic heterocycles. The van der Waals surface area contributed by atoms with Gasteiger partial charge in [0.2, 0.25) is 5.91 Å². The molecule has 25 heavy (non-hydrogen) atoms. The maximum Gasteiger partial charge on any atom is 0.233 e. The van der Waals surface area contributed by atoms with Gasteiger partial charge in [0, 0.05) is 19.3 Å². The molecule has 3 heterocycles. The van der Waals surface area contributed by atoms with E-state index in [2.05, 4.69) is 10.2 Å². The summed E-state index contributed by atoms with van der Waals surface area (Å²) in [4.78, 5) is 14.7. The van der Waals surface area contributed by atoms with Gasteiger partial charge in [0.1, 0.15) is 0 Å². The molecule has 2 aromatic heterocycles. The van der Waals surface area contributed by atoms with Crippen molar-refractivity contribution in [2.75, 3.05) is 18.8 Å². The zero-order valence-corrected chi connectivity index (χ0v) is 16.2. The number of pyridine rings is 1. The molecule has 2 fully saturated rings. The lowest BCUT2D eigenvalue weighted by molar-refractivity contribution is -0.131. The Hall–Kier alpha value is -0.980. The number of fused-ring (bicyclic) bond motifs is 2. The summed E-state index contributed by atoms with van der Waals surface area (Å²) >= 11 is 13.6. The van der Waals surface area contributed by atoms with E-state index in [-0.39, 0.29) is 5.91 Å². The van der Waals surface area contributed by atoms with Gasteiger partial charge in [0.05, 0.1) is 15.8 Å². The van der Waals surface area contributed by atoms with Crippen LogP contribution in [0.4, 0.5) is 0 Å². The zero-order valence-electron chi connectivity index (χ0n) is 13.8. The Bertz CT molecular complexity index is 796. The van der Waals surface area contributed by atoms with Crippen LogP contribution in [-0.2, 0) is 4.79 Å². The molecule has 2 aliphatic rings. The van der Waals surface area contributed by atoms with E-state index in [4.69, 9.17) is 23.2 Å². The van der Waals surface area contributed by atoms with Crippen molar-refractivity contribution >= 4 is 46.5 Å². The molecule has 1 saturated heterocycles. The smallest absolute Gasteiger partial charge is 0.233 e. The van der Waals surface area contributed by atoms with E-state index in [9.17, 15) is 4.79 Å². The van der Waals surface area contributed by atoms with Crippen LogP contribution in [-0.4, -0.2) is 44.2 Å². The standard InChI is InChI=1S/C17H20Cl2N4OS/c18-13-7-14(19)16-20-21-17(23(16)9-13)25-10-15(24)22-6-5-11-3-1-2-4-12(11)8-22/h7,9,11-12H,1-6,8,10H2/t11-,12-/m0/s1. The first-order chi connectivity index (χ1) is 12.1. The summed E-state index contributed by atoms with van der Waals surface area (Å²) in [6.45, 7) is 1.81. The summed E-state index contributed by atoms with van der Waals surface area (Å²) < 4.78 is 1.75. The Morgan fingerprint density at radius 3 is 2.84 bits per heavy atom. The number of nitrogens with zero attached hydrogens (tertiary/aromatic N) is 4. The van der Waals surface area contributed by atoms with Gasteiger partial charge in [-0.25, -0.2) is 0 Å². The second-order valence-electron chi connectivity index (χ2n) is 6.90. The third kappa shape index (κ3) is 3.62. The number of piperidine rings is 1. The molecular weight excluding hydrogens is 379 g/mol. The molecule has 0 spiro atoms. The molecule has 4 rings (SSSR count). The van der Waals surface area contributed by atoms with E-state index >= 15 is 0 Å². The molecule has 134 valence electrons. The Labute approximate surface area is 161 Å². The Morgan fingerprint density at radius 2 is 2.00 bits per heavy atom. The van der Waals surface area contributed by atoms with E-state index in [1.807, 2.05) is 4.90 Å². The number of halogens is 2. The van der Waals surface area contributed by atoms with Crippen LogP contribution in [0.3, 0.4) is 0 Å². The van der Waals surface area contributed by atoms with Gasteiger partial charge >= 0.3 is 0 Å². The Kier molecular flexibility index (Phi) is 5.11. The van der Waals surface area contributed by atoms with Gasteiger partial charge in [-0.15, -0.1) is 10.2 Å². The van der Waals surface area contributed by atoms with Crippen molar-refractivity contribution in [3.8, 4) is 0 Å². The third-order valence-electron chi connectivity index (χ3n) is 5.36. The van der Waals surface area contributed by atoms with Crippen molar-refractivity contribution < 1.29 is 4.79 Å². The van der Waals surface area contributed by atoms with Crippen LogP contribution in [0.15, 0.2) is 17.4 Å². The highest BCUT2D eigenvalue weighted by molar-refractivity contribution is 7.99. The second-order valence-corrected chi connectivity index (χ2v) is 8.69. The van der Waals surface area contributed by atoms with Crippen LogP contribution >= 0.6 is 35.0 Å².